The highest BCUT2D eigenvalue weighted by atomic mass is 19.4. The number of rotatable bonds is 5. The van der Waals surface area contributed by atoms with Crippen LogP contribution in [0.4, 0.5) is 13.2 Å². The highest BCUT2D eigenvalue weighted by molar-refractivity contribution is 5.87. The van der Waals surface area contributed by atoms with E-state index >= 15 is 0 Å². The lowest BCUT2D eigenvalue weighted by atomic mass is 9.91. The Bertz CT molecular complexity index is 727. The van der Waals surface area contributed by atoms with Gasteiger partial charge in [-0.05, 0) is 24.6 Å². The smallest absolute Gasteiger partial charge is 0.430 e. The van der Waals surface area contributed by atoms with Gasteiger partial charge in [-0.1, -0.05) is 42.0 Å². The maximum absolute atomic E-state index is 13.5. The standard InChI is InChI=1S/C18H18F3NO3/c1-12-3-5-13(6-4-12)11-22-16(23)17(24,18(19,20)21)14-7-9-15(25-2)10-8-14/h3-10,24H,11H2,1-2H3,(H,22,23). The van der Waals surface area contributed by atoms with Crippen molar-refractivity contribution in [2.45, 2.75) is 25.2 Å². The van der Waals surface area contributed by atoms with E-state index in [4.69, 9.17) is 4.74 Å². The lowest BCUT2D eigenvalue weighted by Gasteiger charge is -2.29. The fourth-order valence-corrected chi connectivity index (χ4v) is 2.27. The molecule has 7 heteroatoms. The molecule has 0 aliphatic rings. The van der Waals surface area contributed by atoms with Crippen molar-refractivity contribution in [3.8, 4) is 5.75 Å². The molecule has 0 aliphatic carbocycles. The quantitative estimate of drug-likeness (QED) is 0.869. The first-order valence-electron chi connectivity index (χ1n) is 7.46. The first kappa shape index (κ1) is 18.8. The van der Waals surface area contributed by atoms with Crippen molar-refractivity contribution in [3.05, 3.63) is 65.2 Å². The van der Waals surface area contributed by atoms with E-state index < -0.39 is 23.2 Å². The van der Waals surface area contributed by atoms with Crippen molar-refractivity contribution in [1.29, 1.82) is 0 Å². The zero-order valence-corrected chi connectivity index (χ0v) is 13.7. The fraction of sp³-hybridized carbons (Fsp3) is 0.278. The number of carbonyl (C=O) groups excluding carboxylic acids is 1. The zero-order chi connectivity index (χ0) is 18.7. The molecular formula is C18H18F3NO3. The van der Waals surface area contributed by atoms with Crippen LogP contribution in [0.5, 0.6) is 5.75 Å². The molecule has 4 nitrogen and oxygen atoms in total. The van der Waals surface area contributed by atoms with E-state index in [0.29, 0.717) is 11.3 Å². The summed E-state index contributed by atoms with van der Waals surface area (Å²) in [4.78, 5) is 12.2. The number of carbonyl (C=O) groups is 1. The number of benzene rings is 2. The molecule has 2 aromatic carbocycles. The van der Waals surface area contributed by atoms with Gasteiger partial charge in [0.1, 0.15) is 5.75 Å². The second-order valence-corrected chi connectivity index (χ2v) is 5.60. The molecule has 0 saturated heterocycles. The minimum Gasteiger partial charge on any atom is -0.497 e. The van der Waals surface area contributed by atoms with Gasteiger partial charge in [0.05, 0.1) is 7.11 Å². The predicted octanol–water partition coefficient (Wildman–Crippen LogP) is 3.07. The van der Waals surface area contributed by atoms with Crippen LogP contribution in [0.25, 0.3) is 0 Å². The second-order valence-electron chi connectivity index (χ2n) is 5.60. The summed E-state index contributed by atoms with van der Waals surface area (Å²) in [6.07, 6.45) is -5.18. The SMILES string of the molecule is COc1ccc(C(O)(C(=O)NCc2ccc(C)cc2)C(F)(F)F)cc1. The van der Waals surface area contributed by atoms with Crippen molar-refractivity contribution in [1.82, 2.24) is 5.32 Å². The van der Waals surface area contributed by atoms with Crippen LogP contribution >= 0.6 is 0 Å². The summed E-state index contributed by atoms with van der Waals surface area (Å²) in [5.74, 6) is -1.22. The molecule has 0 heterocycles. The van der Waals surface area contributed by atoms with Crippen molar-refractivity contribution in [2.24, 2.45) is 0 Å². The topological polar surface area (TPSA) is 58.6 Å². The number of aliphatic hydroxyl groups is 1. The molecule has 1 atom stereocenters. The van der Waals surface area contributed by atoms with Gasteiger partial charge in [0.25, 0.3) is 11.5 Å². The van der Waals surface area contributed by atoms with Gasteiger partial charge in [-0.15, -0.1) is 0 Å². The molecule has 0 aliphatic heterocycles. The van der Waals surface area contributed by atoms with Crippen molar-refractivity contribution >= 4 is 5.91 Å². The van der Waals surface area contributed by atoms with Crippen LogP contribution in [0.3, 0.4) is 0 Å². The summed E-state index contributed by atoms with van der Waals surface area (Å²) < 4.78 is 45.3. The Balaban J connectivity index is 2.26. The molecule has 0 fully saturated rings. The first-order valence-corrected chi connectivity index (χ1v) is 7.46. The van der Waals surface area contributed by atoms with Gasteiger partial charge in [-0.25, -0.2) is 0 Å². The van der Waals surface area contributed by atoms with Crippen LogP contribution in [0, 0.1) is 6.92 Å². The molecule has 0 aromatic heterocycles. The Morgan fingerprint density at radius 1 is 1.08 bits per heavy atom. The van der Waals surface area contributed by atoms with Crippen molar-refractivity contribution < 1.29 is 27.8 Å². The van der Waals surface area contributed by atoms with Crippen LogP contribution in [0.1, 0.15) is 16.7 Å². The minimum atomic E-state index is -5.18. The van der Waals surface area contributed by atoms with E-state index in [1.54, 1.807) is 24.3 Å². The Morgan fingerprint density at radius 3 is 2.12 bits per heavy atom. The van der Waals surface area contributed by atoms with Gasteiger partial charge in [-0.3, -0.25) is 4.79 Å². The third-order valence-electron chi connectivity index (χ3n) is 3.82. The van der Waals surface area contributed by atoms with E-state index in [2.05, 4.69) is 5.32 Å². The Morgan fingerprint density at radius 2 is 1.64 bits per heavy atom. The Labute approximate surface area is 143 Å². The zero-order valence-electron chi connectivity index (χ0n) is 13.7. The normalized spacial score (nSPS) is 13.8. The molecule has 0 spiro atoms. The summed E-state index contributed by atoms with van der Waals surface area (Å²) >= 11 is 0. The summed E-state index contributed by atoms with van der Waals surface area (Å²) in [5.41, 5.74) is -2.62. The molecule has 2 rings (SSSR count). The van der Waals surface area contributed by atoms with Gasteiger partial charge in [0, 0.05) is 12.1 Å². The lowest BCUT2D eigenvalue weighted by molar-refractivity contribution is -0.257. The van der Waals surface area contributed by atoms with Gasteiger partial charge >= 0.3 is 6.18 Å². The molecular weight excluding hydrogens is 335 g/mol. The lowest BCUT2D eigenvalue weighted by Crippen LogP contribution is -2.54. The van der Waals surface area contributed by atoms with E-state index in [-0.39, 0.29) is 6.54 Å². The summed E-state index contributed by atoms with van der Waals surface area (Å²) in [7, 11) is 1.36. The average Bonchev–Trinajstić information content (AvgIpc) is 2.59. The molecule has 2 aromatic rings. The van der Waals surface area contributed by atoms with E-state index in [9.17, 15) is 23.1 Å². The van der Waals surface area contributed by atoms with Crippen molar-refractivity contribution in [2.75, 3.05) is 7.11 Å². The molecule has 25 heavy (non-hydrogen) atoms. The number of alkyl halides is 3. The monoisotopic (exact) mass is 353 g/mol. The highest BCUT2D eigenvalue weighted by Crippen LogP contribution is 2.39. The van der Waals surface area contributed by atoms with Crippen LogP contribution in [-0.4, -0.2) is 24.3 Å². The highest BCUT2D eigenvalue weighted by Gasteiger charge is 2.60. The molecule has 1 amide bonds. The number of methoxy groups -OCH3 is 1. The summed E-state index contributed by atoms with van der Waals surface area (Å²) in [6, 6.07) is 11.5. The number of hydrogen-bond acceptors (Lipinski definition) is 3. The van der Waals surface area contributed by atoms with Gasteiger partial charge in [0.2, 0.25) is 0 Å². The Hall–Kier alpha value is -2.54. The third-order valence-corrected chi connectivity index (χ3v) is 3.82. The molecule has 0 radical (unpaired) electrons. The molecule has 134 valence electrons. The maximum atomic E-state index is 13.5. The first-order chi connectivity index (χ1) is 11.7. The van der Waals surface area contributed by atoms with E-state index in [1.165, 1.54) is 19.2 Å². The maximum Gasteiger partial charge on any atom is 0.430 e. The van der Waals surface area contributed by atoms with Gasteiger partial charge in [0.15, 0.2) is 0 Å². The number of amides is 1. The van der Waals surface area contributed by atoms with Crippen LogP contribution in [0.15, 0.2) is 48.5 Å². The average molecular weight is 353 g/mol. The van der Waals surface area contributed by atoms with Crippen LogP contribution in [-0.2, 0) is 16.9 Å². The Kier molecular flexibility index (Phi) is 5.37. The largest absolute Gasteiger partial charge is 0.497 e. The van der Waals surface area contributed by atoms with E-state index in [1.807, 2.05) is 6.92 Å². The minimum absolute atomic E-state index is 0.131. The van der Waals surface area contributed by atoms with Crippen LogP contribution < -0.4 is 10.1 Å². The number of ether oxygens (including phenoxy) is 1. The fourth-order valence-electron chi connectivity index (χ4n) is 2.27. The molecule has 0 saturated carbocycles. The molecule has 1 unspecified atom stereocenters. The second kappa shape index (κ2) is 7.14. The summed E-state index contributed by atoms with van der Waals surface area (Å²) in [6.45, 7) is 1.74. The molecule has 2 N–H and O–H groups in total. The van der Waals surface area contributed by atoms with Gasteiger partial charge < -0.3 is 15.2 Å². The number of aryl methyl sites for hydroxylation is 1. The predicted molar refractivity (Wildman–Crippen MR) is 86.0 cm³/mol. The third kappa shape index (κ3) is 3.93. The number of hydrogen-bond donors (Lipinski definition) is 2. The van der Waals surface area contributed by atoms with Crippen LogP contribution in [0.2, 0.25) is 0 Å². The summed E-state index contributed by atoms with van der Waals surface area (Å²) in [5, 5.41) is 12.3. The molecule has 0 bridgehead atoms. The number of nitrogens with one attached hydrogen (secondary N) is 1. The van der Waals surface area contributed by atoms with Gasteiger partial charge in [-0.2, -0.15) is 13.2 Å². The van der Waals surface area contributed by atoms with E-state index in [0.717, 1.165) is 17.7 Å². The van der Waals surface area contributed by atoms with Crippen molar-refractivity contribution in [3.63, 3.8) is 0 Å². The number of halogens is 3.